The number of carbonyl (C=O) groups excluding carboxylic acids is 1. The normalized spacial score (nSPS) is 19.2. The van der Waals surface area contributed by atoms with E-state index in [9.17, 15) is 4.79 Å². The summed E-state index contributed by atoms with van der Waals surface area (Å²) < 4.78 is 8.01. The van der Waals surface area contributed by atoms with Crippen molar-refractivity contribution in [1.29, 1.82) is 5.26 Å². The highest BCUT2D eigenvalue weighted by Gasteiger charge is 2.27. The molecule has 0 radical (unpaired) electrons. The van der Waals surface area contributed by atoms with Gasteiger partial charge in [-0.3, -0.25) is 4.79 Å². The molecule has 1 N–H and O–H groups in total. The maximum absolute atomic E-state index is 12.5. The predicted molar refractivity (Wildman–Crippen MR) is 110 cm³/mol. The predicted octanol–water partition coefficient (Wildman–Crippen LogP) is 3.27. The maximum atomic E-state index is 12.5. The molecule has 0 bridgehead atoms. The molecule has 152 valence electrons. The summed E-state index contributed by atoms with van der Waals surface area (Å²) in [6, 6.07) is 5.90. The van der Waals surface area contributed by atoms with Gasteiger partial charge in [0.1, 0.15) is 17.8 Å². The number of nitrogens with one attached hydrogen (secondary N) is 1. The van der Waals surface area contributed by atoms with Crippen LogP contribution in [0.5, 0.6) is 0 Å². The quantitative estimate of drug-likeness (QED) is 0.712. The Kier molecular flexibility index (Phi) is 4.77. The van der Waals surface area contributed by atoms with E-state index in [1.165, 1.54) is 12.4 Å². The van der Waals surface area contributed by atoms with Crippen molar-refractivity contribution < 1.29 is 9.53 Å². The number of imidazole rings is 1. The van der Waals surface area contributed by atoms with Gasteiger partial charge in [-0.1, -0.05) is 0 Å². The van der Waals surface area contributed by atoms with E-state index >= 15 is 0 Å². The Morgan fingerprint density at radius 3 is 2.73 bits per heavy atom. The van der Waals surface area contributed by atoms with E-state index in [-0.39, 0.29) is 12.1 Å². The van der Waals surface area contributed by atoms with Crippen LogP contribution in [0, 0.1) is 11.3 Å². The lowest BCUT2D eigenvalue weighted by Crippen LogP contribution is -2.24. The molecule has 2 saturated heterocycles. The highest BCUT2D eigenvalue weighted by molar-refractivity contribution is 6.04. The number of amides is 1. The van der Waals surface area contributed by atoms with Gasteiger partial charge in [-0.05, 0) is 37.8 Å². The van der Waals surface area contributed by atoms with Gasteiger partial charge in [-0.15, -0.1) is 0 Å². The van der Waals surface area contributed by atoms with E-state index in [0.717, 1.165) is 54.7 Å². The summed E-state index contributed by atoms with van der Waals surface area (Å²) in [6.07, 6.45) is 9.17. The zero-order valence-electron chi connectivity index (χ0n) is 16.4. The molecule has 2 aliphatic heterocycles. The van der Waals surface area contributed by atoms with Crippen LogP contribution < -0.4 is 10.2 Å². The van der Waals surface area contributed by atoms with E-state index in [2.05, 4.69) is 20.3 Å². The SMILES string of the molecule is N#Cc1cnc(Nc2cc(N3CCCC3=O)c3ncn(C4CCCCO4)c3c2)nc1. The van der Waals surface area contributed by atoms with Crippen molar-refractivity contribution in [3.8, 4) is 6.07 Å². The Labute approximate surface area is 173 Å². The van der Waals surface area contributed by atoms with Gasteiger partial charge in [-0.2, -0.15) is 5.26 Å². The van der Waals surface area contributed by atoms with E-state index < -0.39 is 0 Å². The summed E-state index contributed by atoms with van der Waals surface area (Å²) in [4.78, 5) is 27.3. The van der Waals surface area contributed by atoms with Crippen LogP contribution in [0.3, 0.4) is 0 Å². The van der Waals surface area contributed by atoms with Crippen LogP contribution >= 0.6 is 0 Å². The first kappa shape index (κ1) is 18.5. The number of hydrogen-bond acceptors (Lipinski definition) is 7. The number of aromatic nitrogens is 4. The molecule has 4 heterocycles. The summed E-state index contributed by atoms with van der Waals surface area (Å²) in [5.74, 6) is 0.485. The minimum atomic E-state index is -0.0627. The number of fused-ring (bicyclic) bond motifs is 1. The molecular formula is C21H21N7O2. The molecule has 1 aromatic carbocycles. The number of anilines is 3. The van der Waals surface area contributed by atoms with Gasteiger partial charge >= 0.3 is 0 Å². The molecule has 30 heavy (non-hydrogen) atoms. The lowest BCUT2D eigenvalue weighted by Gasteiger charge is -2.25. The van der Waals surface area contributed by atoms with Crippen LogP contribution in [-0.2, 0) is 9.53 Å². The minimum absolute atomic E-state index is 0.0627. The van der Waals surface area contributed by atoms with Crippen molar-refractivity contribution in [2.45, 2.75) is 38.3 Å². The summed E-state index contributed by atoms with van der Waals surface area (Å²) in [5, 5.41) is 12.1. The van der Waals surface area contributed by atoms with Gasteiger partial charge in [0.25, 0.3) is 0 Å². The number of carbonyl (C=O) groups is 1. The molecule has 0 aliphatic carbocycles. The fraction of sp³-hybridized carbons (Fsp3) is 0.381. The largest absolute Gasteiger partial charge is 0.358 e. The molecule has 9 nitrogen and oxygen atoms in total. The first-order chi connectivity index (χ1) is 14.7. The van der Waals surface area contributed by atoms with Crippen LogP contribution in [-0.4, -0.2) is 38.6 Å². The third kappa shape index (κ3) is 3.35. The zero-order valence-corrected chi connectivity index (χ0v) is 16.4. The van der Waals surface area contributed by atoms with Crippen molar-refractivity contribution in [2.75, 3.05) is 23.4 Å². The second kappa shape index (κ2) is 7.72. The Bertz CT molecular complexity index is 1130. The van der Waals surface area contributed by atoms with Crippen LogP contribution in [0.25, 0.3) is 11.0 Å². The molecule has 1 unspecified atom stereocenters. The fourth-order valence-corrected chi connectivity index (χ4v) is 4.05. The van der Waals surface area contributed by atoms with Crippen LogP contribution in [0.1, 0.15) is 43.9 Å². The summed E-state index contributed by atoms with van der Waals surface area (Å²) in [6.45, 7) is 1.41. The van der Waals surface area contributed by atoms with Gasteiger partial charge in [-0.25, -0.2) is 15.0 Å². The Morgan fingerprint density at radius 2 is 2.03 bits per heavy atom. The van der Waals surface area contributed by atoms with Crippen molar-refractivity contribution in [1.82, 2.24) is 19.5 Å². The molecule has 0 saturated carbocycles. The number of nitrogens with zero attached hydrogens (tertiary/aromatic N) is 6. The van der Waals surface area contributed by atoms with Crippen LogP contribution in [0.2, 0.25) is 0 Å². The summed E-state index contributed by atoms with van der Waals surface area (Å²) >= 11 is 0. The topological polar surface area (TPSA) is 109 Å². The molecule has 2 fully saturated rings. The van der Waals surface area contributed by atoms with Crippen molar-refractivity contribution >= 4 is 34.3 Å². The van der Waals surface area contributed by atoms with Crippen LogP contribution in [0.15, 0.2) is 30.9 Å². The number of rotatable bonds is 4. The number of nitriles is 1. The molecule has 5 rings (SSSR count). The first-order valence-corrected chi connectivity index (χ1v) is 10.1. The van der Waals surface area contributed by atoms with Crippen molar-refractivity contribution in [2.24, 2.45) is 0 Å². The highest BCUT2D eigenvalue weighted by Crippen LogP contribution is 2.36. The van der Waals surface area contributed by atoms with Crippen molar-refractivity contribution in [3.05, 3.63) is 36.4 Å². The lowest BCUT2D eigenvalue weighted by molar-refractivity contribution is -0.117. The van der Waals surface area contributed by atoms with E-state index in [1.807, 2.05) is 22.8 Å². The van der Waals surface area contributed by atoms with Crippen molar-refractivity contribution in [3.63, 3.8) is 0 Å². The summed E-state index contributed by atoms with van der Waals surface area (Å²) in [5.41, 5.74) is 3.60. The average Bonchev–Trinajstić information content (AvgIpc) is 3.40. The van der Waals surface area contributed by atoms with Crippen LogP contribution in [0.4, 0.5) is 17.3 Å². The second-order valence-electron chi connectivity index (χ2n) is 7.52. The molecule has 1 amide bonds. The molecule has 3 aromatic rings. The Morgan fingerprint density at radius 1 is 1.17 bits per heavy atom. The molecule has 9 heteroatoms. The monoisotopic (exact) mass is 403 g/mol. The third-order valence-corrected chi connectivity index (χ3v) is 5.53. The maximum Gasteiger partial charge on any atom is 0.227 e. The van der Waals surface area contributed by atoms with Gasteiger partial charge in [0.2, 0.25) is 11.9 Å². The highest BCUT2D eigenvalue weighted by atomic mass is 16.5. The van der Waals surface area contributed by atoms with Gasteiger partial charge in [0, 0.05) is 25.3 Å². The van der Waals surface area contributed by atoms with Gasteiger partial charge in [0.05, 0.1) is 35.5 Å². The smallest absolute Gasteiger partial charge is 0.227 e. The zero-order chi connectivity index (χ0) is 20.5. The molecular weight excluding hydrogens is 382 g/mol. The number of ether oxygens (including phenoxy) is 1. The lowest BCUT2D eigenvalue weighted by atomic mass is 10.1. The molecule has 0 spiro atoms. The second-order valence-corrected chi connectivity index (χ2v) is 7.52. The number of benzene rings is 1. The Hall–Kier alpha value is -3.51. The van der Waals surface area contributed by atoms with Gasteiger partial charge in [0.15, 0.2) is 0 Å². The first-order valence-electron chi connectivity index (χ1n) is 10.1. The standard InChI is InChI=1S/C21H21N7O2/c22-10-14-11-23-21(24-12-14)26-15-8-16(27-6-3-4-18(27)29)20-17(9-15)28(13-25-20)19-5-1-2-7-30-19/h8-9,11-13,19H,1-7H2,(H,23,24,26). The Balaban J connectivity index is 1.58. The van der Waals surface area contributed by atoms with Gasteiger partial charge < -0.3 is 19.5 Å². The summed E-state index contributed by atoms with van der Waals surface area (Å²) in [7, 11) is 0. The molecule has 2 aromatic heterocycles. The minimum Gasteiger partial charge on any atom is -0.358 e. The average molecular weight is 403 g/mol. The molecule has 2 aliphatic rings. The number of hydrogen-bond donors (Lipinski definition) is 1. The van der Waals surface area contributed by atoms with E-state index in [1.54, 1.807) is 11.2 Å². The third-order valence-electron chi connectivity index (χ3n) is 5.53. The molecule has 1 atom stereocenters. The van der Waals surface area contributed by atoms with E-state index in [0.29, 0.717) is 24.5 Å². The fourth-order valence-electron chi connectivity index (χ4n) is 4.05. The van der Waals surface area contributed by atoms with E-state index in [4.69, 9.17) is 10.00 Å².